The van der Waals surface area contributed by atoms with E-state index in [2.05, 4.69) is 39.2 Å². The van der Waals surface area contributed by atoms with Crippen LogP contribution in [0.4, 0.5) is 5.82 Å². The van der Waals surface area contributed by atoms with Gasteiger partial charge in [-0.05, 0) is 45.7 Å². The van der Waals surface area contributed by atoms with Gasteiger partial charge in [0.15, 0.2) is 0 Å². The van der Waals surface area contributed by atoms with Gasteiger partial charge in [0.1, 0.15) is 5.82 Å². The van der Waals surface area contributed by atoms with Gasteiger partial charge in [0.2, 0.25) is 0 Å². The molecular formula is C16H27N5. The summed E-state index contributed by atoms with van der Waals surface area (Å²) in [6.07, 6.45) is 9.00. The van der Waals surface area contributed by atoms with Crippen molar-refractivity contribution < 1.29 is 0 Å². The molecule has 5 nitrogen and oxygen atoms in total. The third-order valence-corrected chi connectivity index (χ3v) is 4.40. The minimum Gasteiger partial charge on any atom is -0.355 e. The molecule has 21 heavy (non-hydrogen) atoms. The van der Waals surface area contributed by atoms with E-state index in [0.717, 1.165) is 43.1 Å². The molecule has 1 saturated heterocycles. The standard InChI is InChI=1S/C16H27N5/c1-20(2)12-13-5-7-21(8-6-13)16-11-18-15(10-19-16)9-17-14-3-4-14/h10-11,13-14,17H,3-9,12H2,1-2H3. The average molecular weight is 289 g/mol. The molecule has 116 valence electrons. The molecule has 1 aromatic heterocycles. The molecule has 0 atom stereocenters. The lowest BCUT2D eigenvalue weighted by molar-refractivity contribution is 0.284. The maximum atomic E-state index is 4.60. The van der Waals surface area contributed by atoms with Crippen LogP contribution in [-0.2, 0) is 6.54 Å². The molecule has 3 rings (SSSR count). The van der Waals surface area contributed by atoms with Crippen molar-refractivity contribution in [2.75, 3.05) is 38.6 Å². The monoisotopic (exact) mass is 289 g/mol. The largest absolute Gasteiger partial charge is 0.355 e. The Balaban J connectivity index is 1.48. The maximum Gasteiger partial charge on any atom is 0.147 e. The van der Waals surface area contributed by atoms with Gasteiger partial charge in [-0.15, -0.1) is 0 Å². The smallest absolute Gasteiger partial charge is 0.147 e. The Morgan fingerprint density at radius 2 is 1.90 bits per heavy atom. The van der Waals surface area contributed by atoms with E-state index in [4.69, 9.17) is 0 Å². The van der Waals surface area contributed by atoms with E-state index in [1.54, 1.807) is 0 Å². The summed E-state index contributed by atoms with van der Waals surface area (Å²) in [5, 5.41) is 3.48. The van der Waals surface area contributed by atoms with Gasteiger partial charge in [-0.1, -0.05) is 0 Å². The zero-order valence-electron chi connectivity index (χ0n) is 13.3. The number of nitrogens with one attached hydrogen (secondary N) is 1. The molecule has 0 unspecified atom stereocenters. The van der Waals surface area contributed by atoms with Crippen LogP contribution in [0.2, 0.25) is 0 Å². The van der Waals surface area contributed by atoms with Crippen molar-refractivity contribution in [1.29, 1.82) is 0 Å². The summed E-state index contributed by atoms with van der Waals surface area (Å²) in [4.78, 5) is 13.8. The highest BCUT2D eigenvalue weighted by atomic mass is 15.2. The number of piperidine rings is 1. The Hall–Kier alpha value is -1.20. The van der Waals surface area contributed by atoms with Crippen LogP contribution in [0.3, 0.4) is 0 Å². The lowest BCUT2D eigenvalue weighted by Gasteiger charge is -2.33. The van der Waals surface area contributed by atoms with Crippen molar-refractivity contribution in [3.8, 4) is 0 Å². The van der Waals surface area contributed by atoms with Gasteiger partial charge in [-0.25, -0.2) is 4.98 Å². The first-order valence-corrected chi connectivity index (χ1v) is 8.14. The number of anilines is 1. The molecule has 0 aromatic carbocycles. The molecule has 2 fully saturated rings. The Bertz CT molecular complexity index is 432. The van der Waals surface area contributed by atoms with Gasteiger partial charge in [-0.2, -0.15) is 0 Å². The zero-order chi connectivity index (χ0) is 14.7. The van der Waals surface area contributed by atoms with Gasteiger partial charge >= 0.3 is 0 Å². The highest BCUT2D eigenvalue weighted by Crippen LogP contribution is 2.22. The molecular weight excluding hydrogens is 262 g/mol. The van der Waals surface area contributed by atoms with Crippen LogP contribution < -0.4 is 10.2 Å². The number of nitrogens with zero attached hydrogens (tertiary/aromatic N) is 4. The molecule has 0 bridgehead atoms. The first-order chi connectivity index (χ1) is 10.2. The Morgan fingerprint density at radius 1 is 1.14 bits per heavy atom. The maximum absolute atomic E-state index is 4.60. The number of hydrogen-bond donors (Lipinski definition) is 1. The van der Waals surface area contributed by atoms with Crippen molar-refractivity contribution in [1.82, 2.24) is 20.2 Å². The SMILES string of the molecule is CN(C)CC1CCN(c2cnc(CNC3CC3)cn2)CC1. The summed E-state index contributed by atoms with van der Waals surface area (Å²) >= 11 is 0. The van der Waals surface area contributed by atoms with Crippen LogP contribution in [0.15, 0.2) is 12.4 Å². The van der Waals surface area contributed by atoms with E-state index >= 15 is 0 Å². The van der Waals surface area contributed by atoms with Crippen molar-refractivity contribution in [3.05, 3.63) is 18.1 Å². The summed E-state index contributed by atoms with van der Waals surface area (Å²) in [5.74, 6) is 1.86. The Morgan fingerprint density at radius 3 is 2.48 bits per heavy atom. The van der Waals surface area contributed by atoms with Gasteiger partial charge < -0.3 is 15.1 Å². The zero-order valence-corrected chi connectivity index (χ0v) is 13.3. The van der Waals surface area contributed by atoms with Crippen LogP contribution >= 0.6 is 0 Å². The van der Waals surface area contributed by atoms with E-state index in [-0.39, 0.29) is 0 Å². The third-order valence-electron chi connectivity index (χ3n) is 4.40. The van der Waals surface area contributed by atoms with Crippen LogP contribution in [0.25, 0.3) is 0 Å². The normalized spacial score (nSPS) is 20.2. The third kappa shape index (κ3) is 4.38. The summed E-state index contributed by atoms with van der Waals surface area (Å²) in [6, 6.07) is 0.724. The summed E-state index contributed by atoms with van der Waals surface area (Å²) in [6.45, 7) is 4.26. The molecule has 1 aromatic rings. The molecule has 0 radical (unpaired) electrons. The van der Waals surface area contributed by atoms with E-state index < -0.39 is 0 Å². The number of rotatable bonds is 6. The van der Waals surface area contributed by atoms with Crippen LogP contribution in [-0.4, -0.2) is 54.6 Å². The van der Waals surface area contributed by atoms with Crippen LogP contribution in [0.1, 0.15) is 31.4 Å². The van der Waals surface area contributed by atoms with E-state index in [1.807, 2.05) is 12.4 Å². The molecule has 2 aliphatic rings. The topological polar surface area (TPSA) is 44.3 Å². The predicted molar refractivity (Wildman–Crippen MR) is 85.4 cm³/mol. The van der Waals surface area contributed by atoms with Crippen molar-refractivity contribution in [3.63, 3.8) is 0 Å². The summed E-state index contributed by atoms with van der Waals surface area (Å²) in [5.41, 5.74) is 1.05. The summed E-state index contributed by atoms with van der Waals surface area (Å²) < 4.78 is 0. The summed E-state index contributed by atoms with van der Waals surface area (Å²) in [7, 11) is 4.32. The molecule has 0 amide bonds. The first kappa shape index (κ1) is 14.7. The van der Waals surface area contributed by atoms with Gasteiger partial charge in [0.05, 0.1) is 18.1 Å². The Kier molecular flexibility index (Phi) is 4.70. The fraction of sp³-hybridized carbons (Fsp3) is 0.750. The fourth-order valence-corrected chi connectivity index (χ4v) is 3.00. The second-order valence-corrected chi connectivity index (χ2v) is 6.71. The molecule has 1 aliphatic heterocycles. The second kappa shape index (κ2) is 6.71. The van der Waals surface area contributed by atoms with Crippen molar-refractivity contribution >= 4 is 5.82 Å². The Labute approximate surface area is 127 Å². The van der Waals surface area contributed by atoms with E-state index in [0.29, 0.717) is 0 Å². The quantitative estimate of drug-likeness (QED) is 0.860. The minimum absolute atomic E-state index is 0.724. The fourth-order valence-electron chi connectivity index (χ4n) is 3.00. The first-order valence-electron chi connectivity index (χ1n) is 8.14. The molecule has 5 heteroatoms. The molecule has 1 N–H and O–H groups in total. The average Bonchev–Trinajstić information content (AvgIpc) is 3.30. The molecule has 2 heterocycles. The lowest BCUT2D eigenvalue weighted by atomic mass is 9.96. The van der Waals surface area contributed by atoms with Gasteiger partial charge in [0.25, 0.3) is 0 Å². The van der Waals surface area contributed by atoms with Crippen LogP contribution in [0, 0.1) is 5.92 Å². The number of hydrogen-bond acceptors (Lipinski definition) is 5. The molecule has 1 aliphatic carbocycles. The highest BCUT2D eigenvalue weighted by Gasteiger charge is 2.22. The van der Waals surface area contributed by atoms with Gasteiger partial charge in [-0.3, -0.25) is 4.98 Å². The van der Waals surface area contributed by atoms with Crippen molar-refractivity contribution in [2.45, 2.75) is 38.3 Å². The molecule has 0 spiro atoms. The van der Waals surface area contributed by atoms with Gasteiger partial charge in [0, 0.05) is 32.2 Å². The van der Waals surface area contributed by atoms with E-state index in [1.165, 1.54) is 32.2 Å². The predicted octanol–water partition coefficient (Wildman–Crippen LogP) is 1.51. The van der Waals surface area contributed by atoms with Crippen LogP contribution in [0.5, 0.6) is 0 Å². The minimum atomic E-state index is 0.724. The lowest BCUT2D eigenvalue weighted by Crippen LogP contribution is -2.37. The highest BCUT2D eigenvalue weighted by molar-refractivity contribution is 5.36. The van der Waals surface area contributed by atoms with Crippen molar-refractivity contribution in [2.24, 2.45) is 5.92 Å². The number of aromatic nitrogens is 2. The second-order valence-electron chi connectivity index (χ2n) is 6.71. The molecule has 1 saturated carbocycles. The van der Waals surface area contributed by atoms with E-state index in [9.17, 15) is 0 Å².